The van der Waals surface area contributed by atoms with Gasteiger partial charge in [0.15, 0.2) is 4.96 Å². The molecule has 4 nitrogen and oxygen atoms in total. The van der Waals surface area contributed by atoms with Gasteiger partial charge in [0.2, 0.25) is 0 Å². The van der Waals surface area contributed by atoms with Gasteiger partial charge in [-0.05, 0) is 25.6 Å². The van der Waals surface area contributed by atoms with Crippen molar-refractivity contribution in [3.05, 3.63) is 68.0 Å². The molecule has 0 radical (unpaired) electrons. The lowest BCUT2D eigenvalue weighted by Gasteiger charge is -2.17. The second-order valence-electron chi connectivity index (χ2n) is 5.34. The van der Waals surface area contributed by atoms with E-state index in [9.17, 15) is 4.79 Å². The Morgan fingerprint density at radius 3 is 2.86 bits per heavy atom. The van der Waals surface area contributed by atoms with Gasteiger partial charge >= 0.3 is 0 Å². The second-order valence-corrected chi connectivity index (χ2v) is 6.59. The van der Waals surface area contributed by atoms with Crippen molar-refractivity contribution in [2.45, 2.75) is 20.0 Å². The molecular weight excluding hydrogens is 318 g/mol. The normalized spacial score (nSPS) is 11.5. The van der Waals surface area contributed by atoms with E-state index in [1.165, 1.54) is 11.3 Å². The van der Waals surface area contributed by atoms with Crippen molar-refractivity contribution < 1.29 is 0 Å². The van der Waals surface area contributed by atoms with Crippen LogP contribution in [0.5, 0.6) is 0 Å². The third kappa shape index (κ3) is 3.06. The molecule has 0 fully saturated rings. The van der Waals surface area contributed by atoms with E-state index in [-0.39, 0.29) is 5.56 Å². The largest absolute Gasteiger partial charge is 0.296 e. The van der Waals surface area contributed by atoms with Crippen LogP contribution in [-0.4, -0.2) is 21.3 Å². The molecule has 3 aromatic rings. The summed E-state index contributed by atoms with van der Waals surface area (Å²) >= 11 is 7.67. The summed E-state index contributed by atoms with van der Waals surface area (Å²) in [6.07, 6.45) is 0. The van der Waals surface area contributed by atoms with E-state index in [0.717, 1.165) is 26.9 Å². The summed E-state index contributed by atoms with van der Waals surface area (Å²) in [5.74, 6) is 0. The lowest BCUT2D eigenvalue weighted by Crippen LogP contribution is -2.21. The van der Waals surface area contributed by atoms with Crippen LogP contribution in [0.2, 0.25) is 5.02 Å². The Kier molecular flexibility index (Phi) is 4.29. The van der Waals surface area contributed by atoms with E-state index in [1.807, 2.05) is 43.6 Å². The van der Waals surface area contributed by atoms with Crippen LogP contribution in [0.25, 0.3) is 4.96 Å². The fourth-order valence-corrected chi connectivity index (χ4v) is 3.52. The molecule has 0 saturated carbocycles. The molecule has 0 aliphatic rings. The summed E-state index contributed by atoms with van der Waals surface area (Å²) in [5.41, 5.74) is 2.75. The molecular formula is C16H16ClN3OS. The highest BCUT2D eigenvalue weighted by Gasteiger charge is 2.09. The first-order valence-electron chi connectivity index (χ1n) is 6.93. The molecule has 0 amide bonds. The molecule has 3 rings (SSSR count). The van der Waals surface area contributed by atoms with Crippen molar-refractivity contribution in [3.8, 4) is 0 Å². The Morgan fingerprint density at radius 2 is 2.09 bits per heavy atom. The Morgan fingerprint density at radius 1 is 1.32 bits per heavy atom. The highest BCUT2D eigenvalue weighted by Crippen LogP contribution is 2.17. The van der Waals surface area contributed by atoms with Gasteiger partial charge in [0.05, 0.1) is 5.69 Å². The summed E-state index contributed by atoms with van der Waals surface area (Å²) in [7, 11) is 1.99. The summed E-state index contributed by atoms with van der Waals surface area (Å²) in [6, 6.07) is 9.39. The van der Waals surface area contributed by atoms with Crippen LogP contribution < -0.4 is 5.56 Å². The van der Waals surface area contributed by atoms with Crippen LogP contribution in [0.4, 0.5) is 0 Å². The lowest BCUT2D eigenvalue weighted by atomic mass is 10.2. The zero-order valence-electron chi connectivity index (χ0n) is 12.4. The molecule has 22 heavy (non-hydrogen) atoms. The number of rotatable bonds is 4. The molecule has 2 aromatic heterocycles. The van der Waals surface area contributed by atoms with Crippen molar-refractivity contribution in [2.24, 2.45) is 0 Å². The number of halogens is 1. The van der Waals surface area contributed by atoms with Gasteiger partial charge in [-0.3, -0.25) is 14.1 Å². The first-order chi connectivity index (χ1) is 10.5. The quantitative estimate of drug-likeness (QED) is 0.735. The molecule has 1 aromatic carbocycles. The number of benzene rings is 1. The monoisotopic (exact) mass is 333 g/mol. The fraction of sp³-hybridized carbons (Fsp3) is 0.250. The van der Waals surface area contributed by atoms with Gasteiger partial charge in [-0.25, -0.2) is 4.98 Å². The van der Waals surface area contributed by atoms with Crippen molar-refractivity contribution in [1.82, 2.24) is 14.3 Å². The Labute approximate surface area is 137 Å². The summed E-state index contributed by atoms with van der Waals surface area (Å²) in [5, 5.41) is 2.70. The number of hydrogen-bond donors (Lipinski definition) is 0. The average molecular weight is 334 g/mol. The summed E-state index contributed by atoms with van der Waals surface area (Å²) < 4.78 is 1.64. The maximum atomic E-state index is 12.2. The van der Waals surface area contributed by atoms with Crippen LogP contribution >= 0.6 is 22.9 Å². The van der Waals surface area contributed by atoms with Gasteiger partial charge in [-0.1, -0.05) is 29.8 Å². The Balaban J connectivity index is 1.81. The SMILES string of the molecule is Cc1csc2nc(CN(C)Cc3ccccc3Cl)cc(=O)n12. The fourth-order valence-electron chi connectivity index (χ4n) is 2.43. The lowest BCUT2D eigenvalue weighted by molar-refractivity contribution is 0.315. The van der Waals surface area contributed by atoms with E-state index in [2.05, 4.69) is 9.88 Å². The van der Waals surface area contributed by atoms with Crippen molar-refractivity contribution in [1.29, 1.82) is 0 Å². The zero-order valence-corrected chi connectivity index (χ0v) is 14.0. The van der Waals surface area contributed by atoms with E-state index in [4.69, 9.17) is 11.6 Å². The molecule has 114 valence electrons. The molecule has 0 saturated heterocycles. The van der Waals surface area contributed by atoms with Gasteiger partial charge in [-0.2, -0.15) is 0 Å². The number of hydrogen-bond acceptors (Lipinski definition) is 4. The standard InChI is InChI=1S/C16H16ClN3OS/c1-11-10-22-16-18-13(7-15(21)20(11)16)9-19(2)8-12-5-3-4-6-14(12)17/h3-7,10H,8-9H2,1-2H3. The maximum absolute atomic E-state index is 12.2. The number of nitrogens with zero attached hydrogens (tertiary/aromatic N) is 3. The topological polar surface area (TPSA) is 37.6 Å². The second kappa shape index (κ2) is 6.20. The van der Waals surface area contributed by atoms with Gasteiger partial charge in [-0.15, -0.1) is 11.3 Å². The average Bonchev–Trinajstić information content (AvgIpc) is 2.83. The molecule has 0 aliphatic carbocycles. The first kappa shape index (κ1) is 15.2. The van der Waals surface area contributed by atoms with E-state index in [0.29, 0.717) is 13.1 Å². The highest BCUT2D eigenvalue weighted by atomic mass is 35.5. The van der Waals surface area contributed by atoms with Crippen LogP contribution in [0.1, 0.15) is 17.0 Å². The zero-order chi connectivity index (χ0) is 15.7. The van der Waals surface area contributed by atoms with Gasteiger partial charge in [0, 0.05) is 35.3 Å². The number of aromatic nitrogens is 2. The van der Waals surface area contributed by atoms with Crippen molar-refractivity contribution >= 4 is 27.9 Å². The maximum Gasteiger partial charge on any atom is 0.259 e. The minimum atomic E-state index is -0.0232. The number of fused-ring (bicyclic) bond motifs is 1. The van der Waals surface area contributed by atoms with Gasteiger partial charge in [0.25, 0.3) is 5.56 Å². The molecule has 0 spiro atoms. The molecule has 0 atom stereocenters. The number of aryl methyl sites for hydroxylation is 1. The molecule has 6 heteroatoms. The minimum Gasteiger partial charge on any atom is -0.296 e. The van der Waals surface area contributed by atoms with E-state index in [1.54, 1.807) is 10.5 Å². The highest BCUT2D eigenvalue weighted by molar-refractivity contribution is 7.15. The van der Waals surface area contributed by atoms with E-state index < -0.39 is 0 Å². The van der Waals surface area contributed by atoms with Crippen LogP contribution in [-0.2, 0) is 13.1 Å². The molecule has 0 unspecified atom stereocenters. The Bertz CT molecular complexity index is 871. The van der Waals surface area contributed by atoms with Crippen LogP contribution in [0.15, 0.2) is 40.5 Å². The van der Waals surface area contributed by atoms with Crippen LogP contribution in [0.3, 0.4) is 0 Å². The molecule has 0 aliphatic heterocycles. The summed E-state index contributed by atoms with van der Waals surface area (Å²) in [4.78, 5) is 19.6. The van der Waals surface area contributed by atoms with Gasteiger partial charge in [0.1, 0.15) is 0 Å². The van der Waals surface area contributed by atoms with Crippen molar-refractivity contribution in [2.75, 3.05) is 7.05 Å². The first-order valence-corrected chi connectivity index (χ1v) is 8.19. The summed E-state index contributed by atoms with van der Waals surface area (Å²) in [6.45, 7) is 3.23. The predicted octanol–water partition coefficient (Wildman–Crippen LogP) is 3.35. The third-order valence-corrected chi connectivity index (χ3v) is 4.77. The smallest absolute Gasteiger partial charge is 0.259 e. The molecule has 0 bridgehead atoms. The van der Waals surface area contributed by atoms with E-state index >= 15 is 0 Å². The molecule has 2 heterocycles. The molecule has 0 N–H and O–H groups in total. The van der Waals surface area contributed by atoms with Crippen molar-refractivity contribution in [3.63, 3.8) is 0 Å². The number of thiazole rings is 1. The minimum absolute atomic E-state index is 0.0232. The van der Waals surface area contributed by atoms with Crippen LogP contribution in [0, 0.1) is 6.92 Å². The van der Waals surface area contributed by atoms with Gasteiger partial charge < -0.3 is 0 Å². The Hall–Kier alpha value is -1.69. The third-order valence-electron chi connectivity index (χ3n) is 3.46. The predicted molar refractivity (Wildman–Crippen MR) is 90.7 cm³/mol.